The molecule has 1 unspecified atom stereocenters. The minimum Gasteiger partial charge on any atom is -0.393 e. The lowest BCUT2D eigenvalue weighted by molar-refractivity contribution is -0.117. The molecule has 27 heavy (non-hydrogen) atoms. The third-order valence-corrected chi connectivity index (χ3v) is 5.18. The number of hydrogen-bond donors (Lipinski definition) is 2. The van der Waals surface area contributed by atoms with Gasteiger partial charge < -0.3 is 15.3 Å². The summed E-state index contributed by atoms with van der Waals surface area (Å²) in [6.45, 7) is 5.90. The summed E-state index contributed by atoms with van der Waals surface area (Å²) in [5, 5.41) is 12.3. The van der Waals surface area contributed by atoms with Crippen LogP contribution < -0.4 is 5.32 Å². The average Bonchev–Trinajstić information content (AvgIpc) is 3.21. The molecular weight excluding hydrogens is 336 g/mol. The molecule has 4 rings (SSSR count). The number of carbonyl (C=O) groups is 1. The smallest absolute Gasteiger partial charge is 0.209 e. The van der Waals surface area contributed by atoms with Gasteiger partial charge in [-0.05, 0) is 50.7 Å². The lowest BCUT2D eigenvalue weighted by Crippen LogP contribution is -2.20. The first-order chi connectivity index (χ1) is 13.0. The van der Waals surface area contributed by atoms with Crippen molar-refractivity contribution in [3.8, 4) is 0 Å². The van der Waals surface area contributed by atoms with Crippen molar-refractivity contribution in [2.45, 2.75) is 32.8 Å². The molecule has 2 fully saturated rings. The molecule has 0 radical (unpaired) electrons. The van der Waals surface area contributed by atoms with Gasteiger partial charge in [-0.1, -0.05) is 53.6 Å². The van der Waals surface area contributed by atoms with Crippen LogP contribution in [0.4, 0.5) is 5.69 Å². The molecular formula is C23H32N2O2. The Morgan fingerprint density at radius 1 is 0.926 bits per heavy atom. The monoisotopic (exact) mass is 368 g/mol. The van der Waals surface area contributed by atoms with Gasteiger partial charge >= 0.3 is 0 Å². The normalized spacial score (nSPS) is 22.7. The van der Waals surface area contributed by atoms with E-state index in [-0.39, 0.29) is 6.10 Å². The van der Waals surface area contributed by atoms with E-state index in [2.05, 4.69) is 55.6 Å². The number of anilines is 1. The Bertz CT molecular complexity index is 659. The van der Waals surface area contributed by atoms with Crippen LogP contribution in [0.15, 0.2) is 54.6 Å². The van der Waals surface area contributed by atoms with Crippen LogP contribution in [0.2, 0.25) is 0 Å². The second kappa shape index (κ2) is 10.7. The summed E-state index contributed by atoms with van der Waals surface area (Å²) in [7, 11) is 1.92. The molecule has 0 spiro atoms. The van der Waals surface area contributed by atoms with Gasteiger partial charge in [0.1, 0.15) is 0 Å². The summed E-state index contributed by atoms with van der Waals surface area (Å²) in [6.07, 6.45) is 2.62. The number of fused-ring (bicyclic) bond motifs is 1. The number of hydrogen-bond acceptors (Lipinski definition) is 3. The van der Waals surface area contributed by atoms with Crippen LogP contribution in [0.5, 0.6) is 0 Å². The molecule has 4 nitrogen and oxygen atoms in total. The molecule has 0 bridgehead atoms. The number of benzene rings is 2. The van der Waals surface area contributed by atoms with Gasteiger partial charge in [0.2, 0.25) is 6.41 Å². The zero-order chi connectivity index (χ0) is 19.6. The lowest BCUT2D eigenvalue weighted by atomic mass is 10.0. The Morgan fingerprint density at radius 3 is 1.85 bits per heavy atom. The first kappa shape index (κ1) is 21.0. The van der Waals surface area contributed by atoms with E-state index in [0.29, 0.717) is 11.8 Å². The number of aliphatic hydroxyl groups excluding tert-OH is 1. The quantitative estimate of drug-likeness (QED) is 0.791. The van der Waals surface area contributed by atoms with Gasteiger partial charge in [-0.2, -0.15) is 0 Å². The summed E-state index contributed by atoms with van der Waals surface area (Å²) >= 11 is 0. The molecule has 2 N–H and O–H groups in total. The maximum atomic E-state index is 10.4. The van der Waals surface area contributed by atoms with Crippen molar-refractivity contribution in [1.82, 2.24) is 4.90 Å². The first-order valence-electron chi connectivity index (χ1n) is 9.65. The molecule has 1 heterocycles. The predicted molar refractivity (Wildman–Crippen MR) is 112 cm³/mol. The maximum absolute atomic E-state index is 10.4. The van der Waals surface area contributed by atoms with E-state index in [0.717, 1.165) is 32.3 Å². The van der Waals surface area contributed by atoms with Gasteiger partial charge in [0, 0.05) is 25.8 Å². The number of rotatable bonds is 2. The van der Waals surface area contributed by atoms with Crippen LogP contribution >= 0.6 is 0 Å². The number of nitrogens with one attached hydrogen (secondary N) is 1. The molecule has 1 aliphatic carbocycles. The van der Waals surface area contributed by atoms with E-state index < -0.39 is 0 Å². The predicted octanol–water partition coefficient (Wildman–Crippen LogP) is 3.88. The first-order valence-corrected chi connectivity index (χ1v) is 9.65. The number of nitrogens with zero attached hydrogens (tertiary/aromatic N) is 1. The van der Waals surface area contributed by atoms with Crippen molar-refractivity contribution in [3.05, 3.63) is 65.7 Å². The fourth-order valence-corrected chi connectivity index (χ4v) is 3.64. The number of aliphatic hydroxyl groups is 1. The summed E-state index contributed by atoms with van der Waals surface area (Å²) < 4.78 is 0. The fourth-order valence-electron chi connectivity index (χ4n) is 3.64. The topological polar surface area (TPSA) is 52.6 Å². The molecule has 1 saturated heterocycles. The Kier molecular flexibility index (Phi) is 8.34. The van der Waals surface area contributed by atoms with Gasteiger partial charge in [0.05, 0.1) is 6.10 Å². The van der Waals surface area contributed by atoms with Crippen LogP contribution in [0.25, 0.3) is 0 Å². The van der Waals surface area contributed by atoms with Gasteiger partial charge in [-0.25, -0.2) is 0 Å². The van der Waals surface area contributed by atoms with Gasteiger partial charge in [0.25, 0.3) is 0 Å². The highest BCUT2D eigenvalue weighted by atomic mass is 16.3. The number of amides is 1. The molecule has 3 atom stereocenters. The van der Waals surface area contributed by atoms with Crippen LogP contribution in [0, 0.1) is 25.7 Å². The van der Waals surface area contributed by atoms with Crippen molar-refractivity contribution >= 4 is 12.1 Å². The Labute approximate surface area is 163 Å². The van der Waals surface area contributed by atoms with Crippen molar-refractivity contribution < 1.29 is 9.90 Å². The molecule has 2 aromatic carbocycles. The number of carbonyl (C=O) groups excluding carboxylic acids is 1. The van der Waals surface area contributed by atoms with E-state index >= 15 is 0 Å². The highest BCUT2D eigenvalue weighted by Gasteiger charge is 2.39. The standard InChI is InChI=1S/C8H13NO2.C8H11N.C7H8/c10-5-9-3-6-1-8(11)2-7(6)4-9;1-7-3-5-8(9-2)6-4-7;1-7-5-3-2-4-6-7/h5-8,11H,1-4H2;3-6,9H,1-2H3;2-6H,1H3/t6-,7+,8?;;. The Hall–Kier alpha value is -2.33. The zero-order valence-corrected chi connectivity index (χ0v) is 16.6. The second-order valence-corrected chi connectivity index (χ2v) is 7.48. The van der Waals surface area contributed by atoms with Crippen LogP contribution in [-0.4, -0.2) is 42.7 Å². The fraction of sp³-hybridized carbons (Fsp3) is 0.435. The van der Waals surface area contributed by atoms with E-state index in [1.54, 1.807) is 0 Å². The summed E-state index contributed by atoms with van der Waals surface area (Å²) in [5.41, 5.74) is 3.79. The highest BCUT2D eigenvalue weighted by molar-refractivity contribution is 5.47. The number of aryl methyl sites for hydroxylation is 2. The molecule has 146 valence electrons. The molecule has 2 aromatic rings. The van der Waals surface area contributed by atoms with Gasteiger partial charge in [-0.3, -0.25) is 4.79 Å². The number of likely N-dealkylation sites (tertiary alicyclic amines) is 1. The third kappa shape index (κ3) is 7.06. The zero-order valence-electron chi connectivity index (χ0n) is 16.6. The maximum Gasteiger partial charge on any atom is 0.209 e. The molecule has 1 saturated carbocycles. The van der Waals surface area contributed by atoms with Crippen LogP contribution in [0.3, 0.4) is 0 Å². The van der Waals surface area contributed by atoms with Crippen molar-refractivity contribution in [2.24, 2.45) is 11.8 Å². The molecule has 0 aromatic heterocycles. The molecule has 2 aliphatic rings. The van der Waals surface area contributed by atoms with Crippen LogP contribution in [-0.2, 0) is 4.79 Å². The lowest BCUT2D eigenvalue weighted by Gasteiger charge is -2.10. The van der Waals surface area contributed by atoms with Crippen molar-refractivity contribution in [2.75, 3.05) is 25.5 Å². The van der Waals surface area contributed by atoms with E-state index in [1.807, 2.05) is 30.1 Å². The largest absolute Gasteiger partial charge is 0.393 e. The molecule has 4 heteroatoms. The van der Waals surface area contributed by atoms with E-state index in [9.17, 15) is 9.90 Å². The van der Waals surface area contributed by atoms with Crippen LogP contribution in [0.1, 0.15) is 24.0 Å². The third-order valence-electron chi connectivity index (χ3n) is 5.18. The Balaban J connectivity index is 0.000000149. The van der Waals surface area contributed by atoms with E-state index in [4.69, 9.17) is 0 Å². The summed E-state index contributed by atoms with van der Waals surface area (Å²) in [6, 6.07) is 18.6. The summed E-state index contributed by atoms with van der Waals surface area (Å²) in [4.78, 5) is 12.2. The van der Waals surface area contributed by atoms with Crippen molar-refractivity contribution in [3.63, 3.8) is 0 Å². The minimum atomic E-state index is -0.0983. The SMILES string of the molecule is CNc1ccc(C)cc1.Cc1ccccc1.O=CN1C[C@H]2CC(O)C[C@H]2C1. The minimum absolute atomic E-state index is 0.0983. The average molecular weight is 369 g/mol. The van der Waals surface area contributed by atoms with Crippen molar-refractivity contribution in [1.29, 1.82) is 0 Å². The summed E-state index contributed by atoms with van der Waals surface area (Å²) in [5.74, 6) is 1.16. The molecule has 1 amide bonds. The second-order valence-electron chi connectivity index (χ2n) is 7.48. The van der Waals surface area contributed by atoms with Gasteiger partial charge in [0.15, 0.2) is 0 Å². The molecule has 1 aliphatic heterocycles. The Morgan fingerprint density at radius 2 is 1.44 bits per heavy atom. The van der Waals surface area contributed by atoms with Gasteiger partial charge in [-0.15, -0.1) is 0 Å². The van der Waals surface area contributed by atoms with E-state index in [1.165, 1.54) is 16.8 Å². The highest BCUT2D eigenvalue weighted by Crippen LogP contribution is 2.37.